The molecule has 3 aliphatic rings. The molecule has 2 aromatic carbocycles. The Kier molecular flexibility index (Phi) is 2.80. The van der Waals surface area contributed by atoms with E-state index < -0.39 is 0 Å². The molecule has 2 aromatic rings. The molecule has 25 heavy (non-hydrogen) atoms. The number of esters is 1. The van der Waals surface area contributed by atoms with Gasteiger partial charge in [0, 0.05) is 17.7 Å². The van der Waals surface area contributed by atoms with Crippen molar-refractivity contribution in [3.05, 3.63) is 64.4 Å². The maximum absolute atomic E-state index is 12.3. The van der Waals surface area contributed by atoms with Gasteiger partial charge in [0.05, 0.1) is 22.9 Å². The predicted molar refractivity (Wildman–Crippen MR) is 87.2 cm³/mol. The van der Waals surface area contributed by atoms with Crippen molar-refractivity contribution >= 4 is 11.7 Å². The van der Waals surface area contributed by atoms with Crippen LogP contribution in [-0.4, -0.2) is 19.4 Å². The minimum atomic E-state index is -0.335. The lowest BCUT2D eigenvalue weighted by Crippen LogP contribution is -2.19. The molecule has 6 nitrogen and oxygen atoms in total. The zero-order valence-electron chi connectivity index (χ0n) is 13.0. The highest BCUT2D eigenvalue weighted by Crippen LogP contribution is 2.48. The van der Waals surface area contributed by atoms with Gasteiger partial charge in [0.1, 0.15) is 6.61 Å². The van der Waals surface area contributed by atoms with Gasteiger partial charge in [-0.25, -0.2) is 4.79 Å². The van der Waals surface area contributed by atoms with Crippen LogP contribution in [0.15, 0.2) is 47.7 Å². The zero-order valence-corrected chi connectivity index (χ0v) is 13.0. The number of nitrogens with one attached hydrogen (secondary N) is 1. The molecule has 0 saturated heterocycles. The van der Waals surface area contributed by atoms with Crippen molar-refractivity contribution in [3.8, 4) is 17.6 Å². The minimum absolute atomic E-state index is 0.183. The van der Waals surface area contributed by atoms with E-state index in [0.29, 0.717) is 22.6 Å². The van der Waals surface area contributed by atoms with Gasteiger partial charge in [-0.3, -0.25) is 0 Å². The molecule has 3 heterocycles. The summed E-state index contributed by atoms with van der Waals surface area (Å²) >= 11 is 0. The average Bonchev–Trinajstić information content (AvgIpc) is 3.24. The molecule has 1 unspecified atom stereocenters. The fourth-order valence-electron chi connectivity index (χ4n) is 3.57. The number of ether oxygens (including phenoxy) is 3. The van der Waals surface area contributed by atoms with Gasteiger partial charge in [0.25, 0.3) is 0 Å². The Morgan fingerprint density at radius 2 is 1.96 bits per heavy atom. The van der Waals surface area contributed by atoms with Crippen molar-refractivity contribution in [2.75, 3.05) is 18.7 Å². The fraction of sp³-hybridized carbons (Fsp3) is 0.158. The highest BCUT2D eigenvalue weighted by atomic mass is 16.7. The molecular weight excluding hydrogens is 320 g/mol. The van der Waals surface area contributed by atoms with E-state index in [9.17, 15) is 10.1 Å². The smallest absolute Gasteiger partial charge is 0.337 e. The topological polar surface area (TPSA) is 80.6 Å². The van der Waals surface area contributed by atoms with Gasteiger partial charge < -0.3 is 19.5 Å². The maximum atomic E-state index is 12.3. The third-order valence-electron chi connectivity index (χ3n) is 4.67. The molecule has 0 aliphatic carbocycles. The number of hydrogen-bond acceptors (Lipinski definition) is 6. The van der Waals surface area contributed by atoms with Crippen molar-refractivity contribution in [3.63, 3.8) is 0 Å². The summed E-state index contributed by atoms with van der Waals surface area (Å²) < 4.78 is 16.2. The lowest BCUT2D eigenvalue weighted by Gasteiger charge is -2.27. The average molecular weight is 332 g/mol. The Labute approximate surface area is 143 Å². The lowest BCUT2D eigenvalue weighted by atomic mass is 9.80. The van der Waals surface area contributed by atoms with Crippen molar-refractivity contribution in [2.24, 2.45) is 0 Å². The van der Waals surface area contributed by atoms with E-state index in [1.54, 1.807) is 12.1 Å². The van der Waals surface area contributed by atoms with Gasteiger partial charge in [-0.15, -0.1) is 0 Å². The Hall–Kier alpha value is -3.46. The lowest BCUT2D eigenvalue weighted by molar-refractivity contribution is -0.136. The Balaban J connectivity index is 1.74. The highest BCUT2D eigenvalue weighted by molar-refractivity contribution is 5.97. The zero-order chi connectivity index (χ0) is 17.0. The third-order valence-corrected chi connectivity index (χ3v) is 4.67. The van der Waals surface area contributed by atoms with Crippen molar-refractivity contribution in [1.29, 1.82) is 5.26 Å². The molecule has 3 aliphatic heterocycles. The number of cyclic esters (lactones) is 1. The van der Waals surface area contributed by atoms with Crippen molar-refractivity contribution < 1.29 is 19.0 Å². The summed E-state index contributed by atoms with van der Waals surface area (Å²) in [6.07, 6.45) is 0. The maximum Gasteiger partial charge on any atom is 0.337 e. The summed E-state index contributed by atoms with van der Waals surface area (Å²) in [7, 11) is 0. The molecule has 0 radical (unpaired) electrons. The molecule has 0 fully saturated rings. The summed E-state index contributed by atoms with van der Waals surface area (Å²) in [4.78, 5) is 12.3. The van der Waals surface area contributed by atoms with E-state index in [1.165, 1.54) is 0 Å². The number of rotatable bonds is 1. The minimum Gasteiger partial charge on any atom is -0.456 e. The number of benzene rings is 2. The Bertz CT molecular complexity index is 1000. The van der Waals surface area contributed by atoms with Crippen LogP contribution >= 0.6 is 0 Å². The van der Waals surface area contributed by atoms with E-state index >= 15 is 0 Å². The van der Waals surface area contributed by atoms with Gasteiger partial charge in [-0.1, -0.05) is 12.1 Å². The molecule has 6 heteroatoms. The first-order valence-electron chi connectivity index (χ1n) is 7.85. The number of nitrogens with zero attached hydrogens (tertiary/aromatic N) is 1. The normalized spacial score (nSPS) is 19.6. The van der Waals surface area contributed by atoms with Gasteiger partial charge in [-0.2, -0.15) is 5.26 Å². The monoisotopic (exact) mass is 332 g/mol. The first kappa shape index (κ1) is 13.9. The second-order valence-electron chi connectivity index (χ2n) is 6.06. The first-order valence-corrected chi connectivity index (χ1v) is 7.85. The van der Waals surface area contributed by atoms with E-state index in [2.05, 4.69) is 11.4 Å². The van der Waals surface area contributed by atoms with Crippen LogP contribution in [0.5, 0.6) is 11.5 Å². The van der Waals surface area contributed by atoms with Crippen LogP contribution in [0.25, 0.3) is 0 Å². The SMILES string of the molecule is N#Cc1cccc(C2C3=C(COC3=O)Nc3cc4c(cc32)OCO4)c1. The number of carbonyl (C=O) groups excluding carboxylic acids is 1. The molecule has 1 atom stereocenters. The molecule has 0 spiro atoms. The van der Waals surface area contributed by atoms with Crippen LogP contribution in [0.1, 0.15) is 22.6 Å². The number of fused-ring (bicyclic) bond motifs is 2. The summed E-state index contributed by atoms with van der Waals surface area (Å²) in [6, 6.07) is 13.2. The summed E-state index contributed by atoms with van der Waals surface area (Å²) in [5, 5.41) is 12.5. The summed E-state index contributed by atoms with van der Waals surface area (Å²) in [5.41, 5.74) is 4.51. The predicted octanol–water partition coefficient (Wildman–Crippen LogP) is 2.66. The quantitative estimate of drug-likeness (QED) is 0.809. The van der Waals surface area contributed by atoms with Gasteiger partial charge in [0.15, 0.2) is 11.5 Å². The van der Waals surface area contributed by atoms with Crippen LogP contribution in [0.2, 0.25) is 0 Å². The molecule has 122 valence electrons. The standard InChI is InChI=1S/C19H12N2O4/c20-7-10-2-1-3-11(4-10)17-12-5-15-16(25-9-24-15)6-13(12)21-14-8-23-19(22)18(14)17/h1-6,17,21H,8-9H2. The Morgan fingerprint density at radius 1 is 1.12 bits per heavy atom. The molecule has 5 rings (SSSR count). The van der Waals surface area contributed by atoms with E-state index in [-0.39, 0.29) is 25.3 Å². The van der Waals surface area contributed by atoms with Crippen LogP contribution < -0.4 is 14.8 Å². The first-order chi connectivity index (χ1) is 12.2. The molecular formula is C19H12N2O4. The number of nitriles is 1. The second-order valence-corrected chi connectivity index (χ2v) is 6.06. The summed E-state index contributed by atoms with van der Waals surface area (Å²) in [5.74, 6) is 0.671. The summed E-state index contributed by atoms with van der Waals surface area (Å²) in [6.45, 7) is 0.401. The number of hydrogen-bond donors (Lipinski definition) is 1. The molecule has 0 amide bonds. The largest absolute Gasteiger partial charge is 0.456 e. The Morgan fingerprint density at radius 3 is 2.80 bits per heavy atom. The van der Waals surface area contributed by atoms with E-state index in [0.717, 1.165) is 22.5 Å². The van der Waals surface area contributed by atoms with Gasteiger partial charge in [0.2, 0.25) is 6.79 Å². The van der Waals surface area contributed by atoms with Crippen molar-refractivity contribution in [2.45, 2.75) is 5.92 Å². The van der Waals surface area contributed by atoms with Crippen molar-refractivity contribution in [1.82, 2.24) is 0 Å². The van der Waals surface area contributed by atoms with Crippen LogP contribution in [0.4, 0.5) is 5.69 Å². The van der Waals surface area contributed by atoms with E-state index in [1.807, 2.05) is 24.3 Å². The third kappa shape index (κ3) is 1.99. The fourth-order valence-corrected chi connectivity index (χ4v) is 3.57. The molecule has 0 saturated carbocycles. The molecule has 0 aromatic heterocycles. The molecule has 1 N–H and O–H groups in total. The molecule has 0 bridgehead atoms. The number of carbonyl (C=O) groups is 1. The van der Waals surface area contributed by atoms with Gasteiger partial charge >= 0.3 is 5.97 Å². The van der Waals surface area contributed by atoms with Crippen LogP contribution in [0.3, 0.4) is 0 Å². The number of anilines is 1. The van der Waals surface area contributed by atoms with E-state index in [4.69, 9.17) is 14.2 Å². The highest BCUT2D eigenvalue weighted by Gasteiger charge is 2.39. The van der Waals surface area contributed by atoms with Crippen LogP contribution in [0, 0.1) is 11.3 Å². The van der Waals surface area contributed by atoms with Gasteiger partial charge in [-0.05, 0) is 29.3 Å². The van der Waals surface area contributed by atoms with Crippen LogP contribution in [-0.2, 0) is 9.53 Å². The second kappa shape index (κ2) is 5.02.